The first-order valence-electron chi connectivity index (χ1n) is 12.5. The molecule has 0 bridgehead atoms. The van der Waals surface area contributed by atoms with Crippen LogP contribution in [0.4, 0.5) is 0 Å². The van der Waals surface area contributed by atoms with Gasteiger partial charge in [0, 0.05) is 11.8 Å². The van der Waals surface area contributed by atoms with Crippen molar-refractivity contribution in [3.05, 3.63) is 23.3 Å². The molecule has 0 unspecified atom stereocenters. The Hall–Kier alpha value is -0.640. The summed E-state index contributed by atoms with van der Waals surface area (Å²) in [4.78, 5) is 0. The molecule has 30 heavy (non-hydrogen) atoms. The number of rotatable bonds is 5. The molecule has 0 aromatic carbocycles. The van der Waals surface area contributed by atoms with Crippen LogP contribution in [0.3, 0.4) is 0 Å². The summed E-state index contributed by atoms with van der Waals surface area (Å²) in [5.41, 5.74) is 2.47. The van der Waals surface area contributed by atoms with Gasteiger partial charge in [0.25, 0.3) is 0 Å². The summed E-state index contributed by atoms with van der Waals surface area (Å²) in [7, 11) is 0. The molecule has 3 fully saturated rings. The molecule has 4 aliphatic rings. The van der Waals surface area contributed by atoms with Gasteiger partial charge < -0.3 is 15.3 Å². The van der Waals surface area contributed by atoms with Crippen molar-refractivity contribution in [1.29, 1.82) is 0 Å². The SMILES string of the molecule is C[C@H](CCCC(C)(C)O)[C@H]1CC[C@H]2C3=CC=C4C[C@@H](O)C[C@H](O)[C@@]4(C)[C@H]3CC[C@]12C. The van der Waals surface area contributed by atoms with Gasteiger partial charge in [0.2, 0.25) is 0 Å². The molecule has 0 saturated heterocycles. The molecule has 3 heteroatoms. The molecular formula is C27H44O3. The van der Waals surface area contributed by atoms with E-state index in [9.17, 15) is 15.3 Å². The highest BCUT2D eigenvalue weighted by Gasteiger charge is 2.58. The number of aliphatic hydroxyl groups is 3. The van der Waals surface area contributed by atoms with Crippen LogP contribution in [0.25, 0.3) is 0 Å². The molecule has 3 saturated carbocycles. The van der Waals surface area contributed by atoms with Crippen molar-refractivity contribution in [2.75, 3.05) is 0 Å². The molecule has 8 atom stereocenters. The van der Waals surface area contributed by atoms with Crippen molar-refractivity contribution < 1.29 is 15.3 Å². The molecule has 0 heterocycles. The minimum absolute atomic E-state index is 0.193. The van der Waals surface area contributed by atoms with E-state index in [1.54, 1.807) is 5.57 Å². The van der Waals surface area contributed by atoms with E-state index in [1.165, 1.54) is 31.3 Å². The fourth-order valence-electron chi connectivity index (χ4n) is 8.08. The number of aliphatic hydroxyl groups excluding tert-OH is 2. The molecule has 0 aromatic rings. The van der Waals surface area contributed by atoms with Crippen LogP contribution in [-0.4, -0.2) is 33.1 Å². The number of hydrogen-bond acceptors (Lipinski definition) is 3. The van der Waals surface area contributed by atoms with Gasteiger partial charge >= 0.3 is 0 Å². The zero-order valence-corrected chi connectivity index (χ0v) is 19.8. The zero-order valence-electron chi connectivity index (χ0n) is 19.8. The molecule has 3 nitrogen and oxygen atoms in total. The summed E-state index contributed by atoms with van der Waals surface area (Å²) in [6.45, 7) is 11.1. The van der Waals surface area contributed by atoms with Gasteiger partial charge in [-0.15, -0.1) is 0 Å². The van der Waals surface area contributed by atoms with Crippen LogP contribution >= 0.6 is 0 Å². The van der Waals surface area contributed by atoms with Gasteiger partial charge in [0.1, 0.15) is 0 Å². The summed E-state index contributed by atoms with van der Waals surface area (Å²) < 4.78 is 0. The highest BCUT2D eigenvalue weighted by molar-refractivity contribution is 5.40. The lowest BCUT2D eigenvalue weighted by molar-refractivity contribution is -0.0545. The van der Waals surface area contributed by atoms with Crippen molar-refractivity contribution in [1.82, 2.24) is 0 Å². The average molecular weight is 417 g/mol. The van der Waals surface area contributed by atoms with E-state index in [0.717, 1.165) is 31.6 Å². The lowest BCUT2D eigenvalue weighted by atomic mass is 9.49. The smallest absolute Gasteiger partial charge is 0.0661 e. The summed E-state index contributed by atoms with van der Waals surface area (Å²) >= 11 is 0. The van der Waals surface area contributed by atoms with Crippen molar-refractivity contribution in [2.24, 2.45) is 34.5 Å². The first-order valence-corrected chi connectivity index (χ1v) is 12.5. The van der Waals surface area contributed by atoms with Crippen molar-refractivity contribution >= 4 is 0 Å². The lowest BCUT2D eigenvalue weighted by Crippen LogP contribution is -2.52. The fraction of sp³-hybridized carbons (Fsp3) is 0.852. The van der Waals surface area contributed by atoms with Crippen LogP contribution in [0, 0.1) is 34.5 Å². The standard InChI is InChI=1S/C27H44O3/c1-17(7-6-13-25(2,3)30)21-10-11-22-20-9-8-18-15-19(28)16-24(29)27(18,5)23(20)12-14-26(21,22)4/h8-9,17,19,21-24,28-30H,6-7,10-16H2,1-5H3/t17-,19-,21-,22+,23+,24+,26-,27-/m1/s1. The van der Waals surface area contributed by atoms with Gasteiger partial charge in [0.05, 0.1) is 17.8 Å². The molecule has 170 valence electrons. The largest absolute Gasteiger partial charge is 0.393 e. The van der Waals surface area contributed by atoms with E-state index < -0.39 is 17.8 Å². The molecule has 0 radical (unpaired) electrons. The average Bonchev–Trinajstić information content (AvgIpc) is 2.99. The van der Waals surface area contributed by atoms with E-state index in [1.807, 2.05) is 13.8 Å². The minimum atomic E-state index is -0.555. The van der Waals surface area contributed by atoms with Crippen molar-refractivity contribution in [3.8, 4) is 0 Å². The van der Waals surface area contributed by atoms with Crippen LogP contribution in [0.5, 0.6) is 0 Å². The molecule has 0 aliphatic heterocycles. The summed E-state index contributed by atoms with van der Waals surface area (Å²) in [5, 5.41) is 31.3. The van der Waals surface area contributed by atoms with E-state index in [2.05, 4.69) is 32.9 Å². The highest BCUT2D eigenvalue weighted by atomic mass is 16.3. The van der Waals surface area contributed by atoms with Crippen LogP contribution < -0.4 is 0 Å². The second-order valence-electron chi connectivity index (χ2n) is 12.3. The predicted octanol–water partition coefficient (Wildman–Crippen LogP) is 5.39. The quantitative estimate of drug-likeness (QED) is 0.563. The monoisotopic (exact) mass is 416 g/mol. The van der Waals surface area contributed by atoms with Gasteiger partial charge in [-0.3, -0.25) is 0 Å². The normalized spacial score (nSPS) is 44.5. The van der Waals surface area contributed by atoms with Crippen molar-refractivity contribution in [2.45, 2.75) is 110 Å². The topological polar surface area (TPSA) is 60.7 Å². The molecular weight excluding hydrogens is 372 g/mol. The van der Waals surface area contributed by atoms with E-state index in [4.69, 9.17) is 0 Å². The molecule has 4 rings (SSSR count). The second kappa shape index (κ2) is 7.74. The molecule has 0 amide bonds. The van der Waals surface area contributed by atoms with Crippen molar-refractivity contribution in [3.63, 3.8) is 0 Å². The van der Waals surface area contributed by atoms with Crippen LogP contribution in [0.2, 0.25) is 0 Å². The van der Waals surface area contributed by atoms with Gasteiger partial charge in [0.15, 0.2) is 0 Å². The lowest BCUT2D eigenvalue weighted by Gasteiger charge is -2.56. The summed E-state index contributed by atoms with van der Waals surface area (Å²) in [6.07, 6.45) is 13.2. The van der Waals surface area contributed by atoms with Crippen LogP contribution in [-0.2, 0) is 0 Å². The number of hydrogen-bond donors (Lipinski definition) is 3. The second-order valence-corrected chi connectivity index (χ2v) is 12.3. The Morgan fingerprint density at radius 1 is 1.10 bits per heavy atom. The van der Waals surface area contributed by atoms with Gasteiger partial charge in [-0.05, 0) is 81.5 Å². The molecule has 4 aliphatic carbocycles. The Balaban J connectivity index is 1.53. The fourth-order valence-corrected chi connectivity index (χ4v) is 8.08. The zero-order chi connectivity index (χ0) is 21.9. The maximum atomic E-state index is 11.0. The Bertz CT molecular complexity index is 716. The van der Waals surface area contributed by atoms with Crippen LogP contribution in [0.15, 0.2) is 23.3 Å². The Kier molecular flexibility index (Phi) is 5.82. The minimum Gasteiger partial charge on any atom is -0.393 e. The maximum Gasteiger partial charge on any atom is 0.0661 e. The van der Waals surface area contributed by atoms with Gasteiger partial charge in [-0.25, -0.2) is 0 Å². The maximum absolute atomic E-state index is 11.0. The van der Waals surface area contributed by atoms with E-state index in [-0.39, 0.29) is 5.41 Å². The Morgan fingerprint density at radius 2 is 1.83 bits per heavy atom. The molecule has 3 N–H and O–H groups in total. The van der Waals surface area contributed by atoms with Crippen LogP contribution in [0.1, 0.15) is 92.4 Å². The first-order chi connectivity index (χ1) is 14.0. The Labute approximate surface area is 183 Å². The first kappa shape index (κ1) is 22.6. The van der Waals surface area contributed by atoms with Gasteiger partial charge in [-0.1, -0.05) is 56.9 Å². The number of allylic oxidation sites excluding steroid dienone is 3. The Morgan fingerprint density at radius 3 is 2.53 bits per heavy atom. The van der Waals surface area contributed by atoms with E-state index in [0.29, 0.717) is 29.6 Å². The third kappa shape index (κ3) is 3.63. The summed E-state index contributed by atoms with van der Waals surface area (Å²) in [5.74, 6) is 2.51. The van der Waals surface area contributed by atoms with Gasteiger partial charge in [-0.2, -0.15) is 0 Å². The number of fused-ring (bicyclic) bond motifs is 5. The predicted molar refractivity (Wildman–Crippen MR) is 122 cm³/mol. The van der Waals surface area contributed by atoms with E-state index >= 15 is 0 Å². The third-order valence-corrected chi connectivity index (χ3v) is 9.86. The third-order valence-electron chi connectivity index (χ3n) is 9.86. The molecule has 0 aromatic heterocycles. The molecule has 0 spiro atoms. The summed E-state index contributed by atoms with van der Waals surface area (Å²) in [6, 6.07) is 0. The highest BCUT2D eigenvalue weighted by Crippen LogP contribution is 2.66.